The van der Waals surface area contributed by atoms with Crippen LogP contribution in [-0.2, 0) is 9.47 Å². The van der Waals surface area contributed by atoms with E-state index < -0.39 is 78.0 Å². The van der Waals surface area contributed by atoms with E-state index in [2.05, 4.69) is 0 Å². The summed E-state index contributed by atoms with van der Waals surface area (Å²) in [6.07, 6.45) is -6.77. The second kappa shape index (κ2) is 8.20. The minimum Gasteiger partial charge on any atom is -0.394 e. The maximum atomic E-state index is 11.3. The molecule has 176 valence electrons. The van der Waals surface area contributed by atoms with Gasteiger partial charge in [-0.1, -0.05) is 6.92 Å². The van der Waals surface area contributed by atoms with E-state index >= 15 is 0 Å². The first kappa shape index (κ1) is 24.3. The molecule has 1 aliphatic heterocycles. The highest BCUT2D eigenvalue weighted by molar-refractivity contribution is 5.11. The van der Waals surface area contributed by atoms with Crippen molar-refractivity contribution in [3.8, 4) is 0 Å². The minimum atomic E-state index is -1.59. The average molecular weight is 435 g/mol. The van der Waals surface area contributed by atoms with Crippen molar-refractivity contribution < 1.29 is 45.2 Å². The quantitative estimate of drug-likeness (QED) is 0.291. The summed E-state index contributed by atoms with van der Waals surface area (Å²) in [4.78, 5) is 0. The zero-order chi connectivity index (χ0) is 22.6. The van der Waals surface area contributed by atoms with Crippen molar-refractivity contribution in [1.82, 2.24) is 0 Å². The molecule has 3 rings (SSSR count). The molecule has 30 heavy (non-hydrogen) atoms. The fourth-order valence-electron chi connectivity index (χ4n) is 6.01. The zero-order valence-electron chi connectivity index (χ0n) is 18.2. The summed E-state index contributed by atoms with van der Waals surface area (Å²) in [5.41, 5.74) is -3.06. The lowest BCUT2D eigenvalue weighted by Gasteiger charge is -2.61. The van der Waals surface area contributed by atoms with E-state index in [1.807, 2.05) is 6.92 Å². The van der Waals surface area contributed by atoms with Crippen LogP contribution in [0.5, 0.6) is 0 Å². The van der Waals surface area contributed by atoms with E-state index in [1.54, 1.807) is 20.8 Å². The van der Waals surface area contributed by atoms with Gasteiger partial charge in [-0.2, -0.15) is 0 Å². The van der Waals surface area contributed by atoms with Crippen molar-refractivity contribution in [3.05, 3.63) is 0 Å². The number of hydrogen-bond acceptors (Lipinski definition) is 9. The molecule has 0 spiro atoms. The molecule has 0 aromatic rings. The number of aliphatic hydroxyl groups is 7. The predicted octanol–water partition coefficient (Wildman–Crippen LogP) is -1.12. The number of fused-ring (bicyclic) bond motifs is 1. The summed E-state index contributed by atoms with van der Waals surface area (Å²) in [6.45, 7) is 6.32. The van der Waals surface area contributed by atoms with Crippen LogP contribution in [-0.4, -0.2) is 96.5 Å². The molecular formula is C21H38O9. The molecule has 2 aliphatic carbocycles. The summed E-state index contributed by atoms with van der Waals surface area (Å²) in [5.74, 6) is -1.02. The first-order valence-corrected chi connectivity index (χ1v) is 10.8. The molecule has 0 radical (unpaired) electrons. The molecule has 1 heterocycles. The fraction of sp³-hybridized carbons (Fsp3) is 1.00. The van der Waals surface area contributed by atoms with E-state index in [1.165, 1.54) is 0 Å². The number of hydrogen-bond donors (Lipinski definition) is 7. The Balaban J connectivity index is 1.98. The van der Waals surface area contributed by atoms with Crippen molar-refractivity contribution >= 4 is 0 Å². The van der Waals surface area contributed by atoms with Gasteiger partial charge in [-0.05, 0) is 46.5 Å². The Bertz CT molecular complexity index is 604. The first-order chi connectivity index (χ1) is 13.7. The zero-order valence-corrected chi connectivity index (χ0v) is 18.2. The van der Waals surface area contributed by atoms with Crippen molar-refractivity contribution in [3.63, 3.8) is 0 Å². The van der Waals surface area contributed by atoms with Gasteiger partial charge in [0.1, 0.15) is 24.4 Å². The summed E-state index contributed by atoms with van der Waals surface area (Å²) >= 11 is 0. The molecule has 0 unspecified atom stereocenters. The van der Waals surface area contributed by atoms with Crippen LogP contribution in [0.2, 0.25) is 0 Å². The summed E-state index contributed by atoms with van der Waals surface area (Å²) in [6, 6.07) is 0. The Morgan fingerprint density at radius 3 is 2.20 bits per heavy atom. The standard InChI is InChI=1S/C21H38O9/c1-19(2,27)10-5-7-20(3)12(23)6-8-21(4,28)17(20)16(10)30-18-15(26)14(25)13(24)11(9-22)29-18/h10-18,22-28H,5-9H2,1-4H3/t10-,11-,12+,13-,14+,15-,16-,17+,18+,20-,21-/m1/s1. The summed E-state index contributed by atoms with van der Waals surface area (Å²) in [5, 5.41) is 73.1. The van der Waals surface area contributed by atoms with Crippen molar-refractivity contribution in [2.75, 3.05) is 6.61 Å². The van der Waals surface area contributed by atoms with Crippen LogP contribution in [0.4, 0.5) is 0 Å². The van der Waals surface area contributed by atoms with Crippen LogP contribution < -0.4 is 0 Å². The smallest absolute Gasteiger partial charge is 0.186 e. The average Bonchev–Trinajstić information content (AvgIpc) is 2.64. The summed E-state index contributed by atoms with van der Waals surface area (Å²) < 4.78 is 11.7. The molecule has 0 aromatic carbocycles. The Morgan fingerprint density at radius 1 is 1.00 bits per heavy atom. The third-order valence-corrected chi connectivity index (χ3v) is 7.83. The molecule has 0 bridgehead atoms. The van der Waals surface area contributed by atoms with E-state index in [0.717, 1.165) is 0 Å². The van der Waals surface area contributed by atoms with Gasteiger partial charge >= 0.3 is 0 Å². The molecule has 0 aromatic heterocycles. The van der Waals surface area contributed by atoms with Gasteiger partial charge in [-0.25, -0.2) is 0 Å². The molecular weight excluding hydrogens is 396 g/mol. The van der Waals surface area contributed by atoms with Gasteiger partial charge in [-0.3, -0.25) is 0 Å². The fourth-order valence-corrected chi connectivity index (χ4v) is 6.01. The molecule has 0 amide bonds. The molecule has 1 saturated heterocycles. The third kappa shape index (κ3) is 4.04. The first-order valence-electron chi connectivity index (χ1n) is 10.8. The predicted molar refractivity (Wildman–Crippen MR) is 105 cm³/mol. The van der Waals surface area contributed by atoms with Gasteiger partial charge in [0.05, 0.1) is 30.0 Å². The van der Waals surface area contributed by atoms with Gasteiger partial charge in [0.25, 0.3) is 0 Å². The second-order valence-corrected chi connectivity index (χ2v) is 10.5. The molecule has 11 atom stereocenters. The molecule has 3 fully saturated rings. The van der Waals surface area contributed by atoms with Crippen LogP contribution >= 0.6 is 0 Å². The lowest BCUT2D eigenvalue weighted by atomic mass is 9.50. The maximum Gasteiger partial charge on any atom is 0.186 e. The Hall–Kier alpha value is -0.360. The minimum absolute atomic E-state index is 0.349. The number of aliphatic hydroxyl groups excluding tert-OH is 5. The third-order valence-electron chi connectivity index (χ3n) is 7.83. The van der Waals surface area contributed by atoms with Crippen molar-refractivity contribution in [2.45, 2.75) is 107 Å². The highest BCUT2D eigenvalue weighted by Gasteiger charge is 2.62. The summed E-state index contributed by atoms with van der Waals surface area (Å²) in [7, 11) is 0. The van der Waals surface area contributed by atoms with Gasteiger partial charge in [0, 0.05) is 17.3 Å². The Labute approximate surface area is 177 Å². The molecule has 7 N–H and O–H groups in total. The topological polar surface area (TPSA) is 160 Å². The highest BCUT2D eigenvalue weighted by atomic mass is 16.7. The lowest BCUT2D eigenvalue weighted by molar-refractivity contribution is -0.342. The largest absolute Gasteiger partial charge is 0.394 e. The van der Waals surface area contributed by atoms with E-state index in [0.29, 0.717) is 25.7 Å². The number of rotatable bonds is 4. The lowest BCUT2D eigenvalue weighted by Crippen LogP contribution is -2.67. The molecule has 9 nitrogen and oxygen atoms in total. The van der Waals surface area contributed by atoms with Crippen LogP contribution in [0.3, 0.4) is 0 Å². The van der Waals surface area contributed by atoms with Gasteiger partial charge in [-0.15, -0.1) is 0 Å². The highest BCUT2D eigenvalue weighted by Crippen LogP contribution is 2.58. The molecule has 3 aliphatic rings. The Morgan fingerprint density at radius 2 is 1.63 bits per heavy atom. The van der Waals surface area contributed by atoms with Crippen LogP contribution in [0.25, 0.3) is 0 Å². The van der Waals surface area contributed by atoms with Gasteiger partial charge in [0.15, 0.2) is 6.29 Å². The number of ether oxygens (including phenoxy) is 2. The van der Waals surface area contributed by atoms with E-state index in [-0.39, 0.29) is 0 Å². The van der Waals surface area contributed by atoms with E-state index in [4.69, 9.17) is 9.47 Å². The Kier molecular flexibility index (Phi) is 6.64. The van der Waals surface area contributed by atoms with Crippen LogP contribution in [0.15, 0.2) is 0 Å². The van der Waals surface area contributed by atoms with Crippen LogP contribution in [0.1, 0.15) is 53.4 Å². The van der Waals surface area contributed by atoms with Crippen LogP contribution in [0, 0.1) is 17.3 Å². The maximum absolute atomic E-state index is 11.3. The second-order valence-electron chi connectivity index (χ2n) is 10.5. The normalized spacial score (nSPS) is 52.7. The van der Waals surface area contributed by atoms with Gasteiger partial charge in [0.2, 0.25) is 0 Å². The SMILES string of the molecule is CC(C)(O)[C@@H]1CC[C@]2(C)[C@@H](O)CC[C@@](C)(O)[C@H]2[C@@H]1O[C@@H]1O[C@H](CO)[C@@H](O)[C@H](O)[C@H]1O. The monoisotopic (exact) mass is 434 g/mol. The van der Waals surface area contributed by atoms with Crippen molar-refractivity contribution in [2.24, 2.45) is 17.3 Å². The van der Waals surface area contributed by atoms with Crippen molar-refractivity contribution in [1.29, 1.82) is 0 Å². The van der Waals surface area contributed by atoms with Gasteiger partial charge < -0.3 is 45.2 Å². The molecule has 2 saturated carbocycles. The molecule has 9 heteroatoms. The van der Waals surface area contributed by atoms with E-state index in [9.17, 15) is 35.7 Å².